The van der Waals surface area contributed by atoms with Crippen molar-refractivity contribution in [3.8, 4) is 0 Å². The fourth-order valence-electron chi connectivity index (χ4n) is 1.22. The molecule has 0 aromatic carbocycles. The predicted octanol–water partition coefficient (Wildman–Crippen LogP) is 1.10. The molecule has 0 saturated heterocycles. The van der Waals surface area contributed by atoms with Gasteiger partial charge in [0.15, 0.2) is 5.41 Å². The van der Waals surface area contributed by atoms with E-state index in [0.29, 0.717) is 6.29 Å². The molecule has 92 valence electrons. The normalized spacial score (nSPS) is 10.7. The fraction of sp³-hybridized carbons (Fsp3) is 0.727. The molecule has 5 heteroatoms. The molecule has 0 N–H and O–H groups in total. The van der Waals surface area contributed by atoms with Gasteiger partial charge in [0.05, 0.1) is 13.2 Å². The smallest absolute Gasteiger partial charge is 0.323 e. The van der Waals surface area contributed by atoms with Crippen LogP contribution < -0.4 is 0 Å². The second kappa shape index (κ2) is 6.98. The van der Waals surface area contributed by atoms with Crippen molar-refractivity contribution >= 4 is 18.2 Å². The van der Waals surface area contributed by atoms with Crippen molar-refractivity contribution in [1.82, 2.24) is 0 Å². The van der Waals surface area contributed by atoms with Gasteiger partial charge >= 0.3 is 11.9 Å². The minimum atomic E-state index is -1.38. The van der Waals surface area contributed by atoms with E-state index < -0.39 is 17.4 Å². The zero-order valence-corrected chi connectivity index (χ0v) is 9.95. The van der Waals surface area contributed by atoms with Crippen molar-refractivity contribution in [2.45, 2.75) is 33.6 Å². The first-order valence-corrected chi connectivity index (χ1v) is 5.31. The minimum absolute atomic E-state index is 0.105. The Hall–Kier alpha value is -1.39. The molecule has 0 aliphatic carbocycles. The summed E-state index contributed by atoms with van der Waals surface area (Å²) in [5.41, 5.74) is -1.38. The van der Waals surface area contributed by atoms with Gasteiger partial charge in [-0.2, -0.15) is 0 Å². The first-order valence-electron chi connectivity index (χ1n) is 5.31. The van der Waals surface area contributed by atoms with E-state index in [1.54, 1.807) is 13.8 Å². The topological polar surface area (TPSA) is 69.7 Å². The minimum Gasteiger partial charge on any atom is -0.465 e. The summed E-state index contributed by atoms with van der Waals surface area (Å²) in [6, 6.07) is 0. The lowest BCUT2D eigenvalue weighted by Gasteiger charge is -2.23. The highest BCUT2D eigenvalue weighted by Gasteiger charge is 2.43. The van der Waals surface area contributed by atoms with Crippen LogP contribution in [-0.2, 0) is 23.9 Å². The quantitative estimate of drug-likeness (QED) is 0.372. The highest BCUT2D eigenvalue weighted by Crippen LogP contribution is 2.26. The van der Waals surface area contributed by atoms with E-state index in [1.807, 2.05) is 0 Å². The Kier molecular flexibility index (Phi) is 6.37. The summed E-state index contributed by atoms with van der Waals surface area (Å²) >= 11 is 0. The number of carbonyl (C=O) groups is 3. The van der Waals surface area contributed by atoms with Gasteiger partial charge in [-0.3, -0.25) is 9.59 Å². The van der Waals surface area contributed by atoms with Gasteiger partial charge in [-0.15, -0.1) is 0 Å². The molecular weight excluding hydrogens is 212 g/mol. The van der Waals surface area contributed by atoms with Gasteiger partial charge < -0.3 is 14.3 Å². The molecule has 0 fully saturated rings. The van der Waals surface area contributed by atoms with E-state index in [9.17, 15) is 14.4 Å². The van der Waals surface area contributed by atoms with Crippen LogP contribution in [-0.4, -0.2) is 31.4 Å². The second-order valence-corrected chi connectivity index (χ2v) is 3.48. The standard InChI is InChI=1S/C11H18O5/c1-4-15-9(13)11(3,7-6-8-12)10(14)16-5-2/h8H,4-7H2,1-3H3. The maximum absolute atomic E-state index is 11.6. The fourth-order valence-corrected chi connectivity index (χ4v) is 1.22. The average Bonchev–Trinajstić information content (AvgIpc) is 2.26. The highest BCUT2D eigenvalue weighted by atomic mass is 16.6. The summed E-state index contributed by atoms with van der Waals surface area (Å²) in [6.45, 7) is 5.13. The molecule has 0 unspecified atom stereocenters. The molecule has 0 atom stereocenters. The molecule has 5 nitrogen and oxygen atoms in total. The van der Waals surface area contributed by atoms with Gasteiger partial charge in [0.25, 0.3) is 0 Å². The van der Waals surface area contributed by atoms with Crippen molar-refractivity contribution in [3.05, 3.63) is 0 Å². The van der Waals surface area contributed by atoms with Crippen LogP contribution in [0.1, 0.15) is 33.6 Å². The Bertz CT molecular complexity index is 241. The van der Waals surface area contributed by atoms with Crippen LogP contribution in [0, 0.1) is 5.41 Å². The first-order chi connectivity index (χ1) is 7.52. The Morgan fingerprint density at radius 2 is 1.56 bits per heavy atom. The van der Waals surface area contributed by atoms with E-state index in [1.165, 1.54) is 6.92 Å². The summed E-state index contributed by atoms with van der Waals surface area (Å²) < 4.78 is 9.63. The van der Waals surface area contributed by atoms with Gasteiger partial charge in [0.2, 0.25) is 0 Å². The first kappa shape index (κ1) is 14.6. The van der Waals surface area contributed by atoms with E-state index in [0.717, 1.165) is 0 Å². The van der Waals surface area contributed by atoms with E-state index >= 15 is 0 Å². The van der Waals surface area contributed by atoms with Gasteiger partial charge in [-0.05, 0) is 27.2 Å². The van der Waals surface area contributed by atoms with E-state index in [2.05, 4.69) is 0 Å². The Balaban J connectivity index is 4.78. The molecule has 0 bridgehead atoms. The van der Waals surface area contributed by atoms with Crippen molar-refractivity contribution in [2.75, 3.05) is 13.2 Å². The maximum Gasteiger partial charge on any atom is 0.323 e. The number of carbonyl (C=O) groups excluding carboxylic acids is 3. The number of aldehydes is 1. The molecule has 0 rings (SSSR count). The third kappa shape index (κ3) is 3.64. The molecule has 16 heavy (non-hydrogen) atoms. The molecule has 0 heterocycles. The van der Waals surface area contributed by atoms with E-state index in [-0.39, 0.29) is 26.1 Å². The van der Waals surface area contributed by atoms with Gasteiger partial charge in [-0.25, -0.2) is 0 Å². The lowest BCUT2D eigenvalue weighted by molar-refractivity contribution is -0.171. The molecule has 0 aromatic rings. The Morgan fingerprint density at radius 1 is 1.12 bits per heavy atom. The Labute approximate surface area is 95.1 Å². The maximum atomic E-state index is 11.6. The molecule has 0 aliphatic rings. The molecule has 0 amide bonds. The van der Waals surface area contributed by atoms with Crippen molar-refractivity contribution in [1.29, 1.82) is 0 Å². The van der Waals surface area contributed by atoms with E-state index in [4.69, 9.17) is 9.47 Å². The average molecular weight is 230 g/mol. The summed E-state index contributed by atoms with van der Waals surface area (Å²) in [4.78, 5) is 33.6. The zero-order valence-electron chi connectivity index (χ0n) is 9.95. The Morgan fingerprint density at radius 3 is 1.88 bits per heavy atom. The number of ether oxygens (including phenoxy) is 2. The van der Waals surface area contributed by atoms with Crippen LogP contribution >= 0.6 is 0 Å². The molecule has 0 aromatic heterocycles. The van der Waals surface area contributed by atoms with Crippen LogP contribution in [0.3, 0.4) is 0 Å². The number of hydrogen-bond acceptors (Lipinski definition) is 5. The summed E-state index contributed by atoms with van der Waals surface area (Å²) in [7, 11) is 0. The third-order valence-electron chi connectivity index (χ3n) is 2.21. The van der Waals surface area contributed by atoms with Gasteiger partial charge in [0.1, 0.15) is 6.29 Å². The number of hydrogen-bond donors (Lipinski definition) is 0. The van der Waals surface area contributed by atoms with Crippen LogP contribution in [0.25, 0.3) is 0 Å². The predicted molar refractivity (Wildman–Crippen MR) is 56.7 cm³/mol. The summed E-state index contributed by atoms with van der Waals surface area (Å²) in [5.74, 6) is -1.29. The monoisotopic (exact) mass is 230 g/mol. The zero-order chi connectivity index (χ0) is 12.6. The lowest BCUT2D eigenvalue weighted by atomic mass is 9.85. The SMILES string of the molecule is CCOC(=O)C(C)(CCC=O)C(=O)OCC. The molecule has 0 saturated carbocycles. The van der Waals surface area contributed by atoms with Crippen LogP contribution in [0.4, 0.5) is 0 Å². The lowest BCUT2D eigenvalue weighted by Crippen LogP contribution is -2.39. The number of rotatable bonds is 7. The van der Waals surface area contributed by atoms with Crippen molar-refractivity contribution < 1.29 is 23.9 Å². The van der Waals surface area contributed by atoms with Crippen LogP contribution in [0.5, 0.6) is 0 Å². The third-order valence-corrected chi connectivity index (χ3v) is 2.21. The number of esters is 2. The molecule has 0 aliphatic heterocycles. The summed E-state index contributed by atoms with van der Waals surface area (Å²) in [5, 5.41) is 0. The van der Waals surface area contributed by atoms with Gasteiger partial charge in [-0.1, -0.05) is 0 Å². The molecular formula is C11H18O5. The summed E-state index contributed by atoms with van der Waals surface area (Å²) in [6.07, 6.45) is 0.888. The largest absolute Gasteiger partial charge is 0.465 e. The van der Waals surface area contributed by atoms with Crippen molar-refractivity contribution in [2.24, 2.45) is 5.41 Å². The van der Waals surface area contributed by atoms with Crippen LogP contribution in [0.2, 0.25) is 0 Å². The highest BCUT2D eigenvalue weighted by molar-refractivity contribution is 5.99. The van der Waals surface area contributed by atoms with Crippen LogP contribution in [0.15, 0.2) is 0 Å². The molecule has 0 spiro atoms. The molecule has 0 radical (unpaired) electrons. The van der Waals surface area contributed by atoms with Crippen molar-refractivity contribution in [3.63, 3.8) is 0 Å². The van der Waals surface area contributed by atoms with Gasteiger partial charge in [0, 0.05) is 6.42 Å². The second-order valence-electron chi connectivity index (χ2n) is 3.48.